The van der Waals surface area contributed by atoms with E-state index in [9.17, 15) is 0 Å². The quantitative estimate of drug-likeness (QED) is 0.104. The van der Waals surface area contributed by atoms with Gasteiger partial charge in [-0.15, -0.1) is 0 Å². The van der Waals surface area contributed by atoms with Crippen LogP contribution in [0.2, 0.25) is 0 Å². The Morgan fingerprint density at radius 3 is 1.57 bits per heavy atom. The van der Waals surface area contributed by atoms with E-state index in [0.717, 1.165) is 52.1 Å². The first-order chi connectivity index (χ1) is 19.6. The van der Waals surface area contributed by atoms with Gasteiger partial charge in [0.05, 0.1) is 13.2 Å². The SMILES string of the molecule is CCCCCCCCOc1ccc(C=C2c3cc(Br)ccc3-c3ccc(Br)cc32)cc1OCCCCCCCC. The van der Waals surface area contributed by atoms with Gasteiger partial charge < -0.3 is 9.47 Å². The molecule has 0 amide bonds. The Balaban J connectivity index is 1.52. The first kappa shape index (κ1) is 30.9. The maximum absolute atomic E-state index is 6.37. The molecule has 0 saturated heterocycles. The topological polar surface area (TPSA) is 18.5 Å². The molecule has 40 heavy (non-hydrogen) atoms. The van der Waals surface area contributed by atoms with Gasteiger partial charge in [-0.1, -0.05) is 128 Å². The predicted molar refractivity (Wildman–Crippen MR) is 178 cm³/mol. The Morgan fingerprint density at radius 2 is 1.02 bits per heavy atom. The summed E-state index contributed by atoms with van der Waals surface area (Å²) in [5, 5.41) is 0. The summed E-state index contributed by atoms with van der Waals surface area (Å²) >= 11 is 7.37. The molecule has 3 aromatic carbocycles. The van der Waals surface area contributed by atoms with E-state index in [1.54, 1.807) is 0 Å². The Kier molecular flexibility index (Phi) is 12.7. The molecule has 0 spiro atoms. The zero-order chi connectivity index (χ0) is 28.2. The number of hydrogen-bond donors (Lipinski definition) is 0. The van der Waals surface area contributed by atoms with Crippen LogP contribution in [-0.4, -0.2) is 13.2 Å². The van der Waals surface area contributed by atoms with E-state index in [1.807, 2.05) is 0 Å². The van der Waals surface area contributed by atoms with Crippen LogP contribution in [0.5, 0.6) is 11.5 Å². The van der Waals surface area contributed by atoms with Gasteiger partial charge in [0.1, 0.15) is 0 Å². The van der Waals surface area contributed by atoms with E-state index in [0.29, 0.717) is 0 Å². The van der Waals surface area contributed by atoms with Gasteiger partial charge in [0, 0.05) is 8.95 Å². The summed E-state index contributed by atoms with van der Waals surface area (Å²) in [5.74, 6) is 1.72. The molecule has 0 bridgehead atoms. The Hall–Kier alpha value is -2.04. The molecule has 4 heteroatoms. The lowest BCUT2D eigenvalue weighted by molar-refractivity contribution is 0.258. The molecule has 0 unspecified atom stereocenters. The summed E-state index contributed by atoms with van der Waals surface area (Å²) in [6.45, 7) is 5.99. The van der Waals surface area contributed by atoms with Crippen molar-refractivity contribution in [3.05, 3.63) is 80.2 Å². The van der Waals surface area contributed by atoms with Crippen molar-refractivity contribution < 1.29 is 9.47 Å². The lowest BCUT2D eigenvalue weighted by Gasteiger charge is -2.14. The summed E-state index contributed by atoms with van der Waals surface area (Å²) in [6.07, 6.45) is 17.3. The molecule has 0 heterocycles. The highest BCUT2D eigenvalue weighted by Crippen LogP contribution is 2.47. The van der Waals surface area contributed by atoms with Crippen LogP contribution in [0.1, 0.15) is 108 Å². The fourth-order valence-corrected chi connectivity index (χ4v) is 6.11. The minimum absolute atomic E-state index is 0.727. The molecule has 0 aromatic heterocycles. The third-order valence-electron chi connectivity index (χ3n) is 7.62. The van der Waals surface area contributed by atoms with Crippen LogP contribution in [0.25, 0.3) is 22.8 Å². The molecule has 0 fully saturated rings. The molecular formula is C36H44Br2O2. The van der Waals surface area contributed by atoms with Crippen molar-refractivity contribution in [2.75, 3.05) is 13.2 Å². The smallest absolute Gasteiger partial charge is 0.161 e. The van der Waals surface area contributed by atoms with Crippen LogP contribution in [0.15, 0.2) is 63.5 Å². The van der Waals surface area contributed by atoms with E-state index < -0.39 is 0 Å². The highest BCUT2D eigenvalue weighted by molar-refractivity contribution is 9.10. The molecule has 1 aliphatic carbocycles. The average molecular weight is 669 g/mol. The third-order valence-corrected chi connectivity index (χ3v) is 8.61. The summed E-state index contributed by atoms with van der Waals surface area (Å²) < 4.78 is 14.8. The molecule has 3 aromatic rings. The van der Waals surface area contributed by atoms with Gasteiger partial charge in [0.2, 0.25) is 0 Å². The second kappa shape index (κ2) is 16.4. The van der Waals surface area contributed by atoms with Crippen molar-refractivity contribution in [3.63, 3.8) is 0 Å². The molecule has 0 aliphatic heterocycles. The van der Waals surface area contributed by atoms with Crippen molar-refractivity contribution in [3.8, 4) is 22.6 Å². The number of hydrogen-bond acceptors (Lipinski definition) is 2. The average Bonchev–Trinajstić information content (AvgIpc) is 3.24. The molecule has 0 N–H and O–H groups in total. The Bertz CT molecular complexity index is 1210. The van der Waals surface area contributed by atoms with Gasteiger partial charge in [0.25, 0.3) is 0 Å². The summed E-state index contributed by atoms with van der Waals surface area (Å²) in [4.78, 5) is 0. The minimum Gasteiger partial charge on any atom is -0.490 e. The molecule has 2 nitrogen and oxygen atoms in total. The third kappa shape index (κ3) is 8.73. The van der Waals surface area contributed by atoms with Crippen LogP contribution >= 0.6 is 31.9 Å². The predicted octanol–water partition coefficient (Wildman–Crippen LogP) is 12.3. The van der Waals surface area contributed by atoms with E-state index in [4.69, 9.17) is 9.47 Å². The normalized spacial score (nSPS) is 11.8. The highest BCUT2D eigenvalue weighted by Gasteiger charge is 2.24. The van der Waals surface area contributed by atoms with Gasteiger partial charge in [-0.05, 0) is 88.7 Å². The van der Waals surface area contributed by atoms with Crippen molar-refractivity contribution in [1.82, 2.24) is 0 Å². The highest BCUT2D eigenvalue weighted by atomic mass is 79.9. The van der Waals surface area contributed by atoms with Gasteiger partial charge in [0.15, 0.2) is 11.5 Å². The van der Waals surface area contributed by atoms with Crippen LogP contribution in [0.3, 0.4) is 0 Å². The van der Waals surface area contributed by atoms with Gasteiger partial charge in [-0.2, -0.15) is 0 Å². The number of fused-ring (bicyclic) bond motifs is 3. The van der Waals surface area contributed by atoms with Crippen LogP contribution in [0, 0.1) is 0 Å². The zero-order valence-corrected chi connectivity index (χ0v) is 27.4. The summed E-state index contributed by atoms with van der Waals surface area (Å²) in [7, 11) is 0. The molecule has 1 aliphatic rings. The molecular weight excluding hydrogens is 624 g/mol. The van der Waals surface area contributed by atoms with Crippen molar-refractivity contribution >= 4 is 43.5 Å². The van der Waals surface area contributed by atoms with E-state index in [1.165, 1.54) is 92.0 Å². The second-order valence-electron chi connectivity index (χ2n) is 10.9. The largest absolute Gasteiger partial charge is 0.490 e. The lowest BCUT2D eigenvalue weighted by Crippen LogP contribution is -2.03. The summed E-state index contributed by atoms with van der Waals surface area (Å²) in [6, 6.07) is 19.5. The number of ether oxygens (including phenoxy) is 2. The van der Waals surface area contributed by atoms with Gasteiger partial charge in [-0.3, -0.25) is 0 Å². The zero-order valence-electron chi connectivity index (χ0n) is 24.2. The van der Waals surface area contributed by atoms with Crippen LogP contribution in [-0.2, 0) is 0 Å². The standard InChI is InChI=1S/C36H44Br2O2/c1-3-5-7-9-11-13-21-39-35-20-15-27(24-36(35)40-22-14-12-10-8-6-4-2)23-32-33-25-28(37)16-18-30(33)31-19-17-29(38)26-34(31)32/h15-20,23-26H,3-14,21-22H2,1-2H3. The Morgan fingerprint density at radius 1 is 0.525 bits per heavy atom. The minimum atomic E-state index is 0.727. The maximum Gasteiger partial charge on any atom is 0.161 e. The van der Waals surface area contributed by atoms with E-state index >= 15 is 0 Å². The molecule has 4 rings (SSSR count). The van der Waals surface area contributed by atoms with E-state index in [2.05, 4.69) is 106 Å². The lowest BCUT2D eigenvalue weighted by atomic mass is 10.0. The number of unbranched alkanes of at least 4 members (excludes halogenated alkanes) is 10. The van der Waals surface area contributed by atoms with Crippen molar-refractivity contribution in [1.29, 1.82) is 0 Å². The van der Waals surface area contributed by atoms with Crippen molar-refractivity contribution in [2.45, 2.75) is 90.9 Å². The van der Waals surface area contributed by atoms with Crippen LogP contribution in [0.4, 0.5) is 0 Å². The Labute approximate surface area is 258 Å². The molecule has 0 atom stereocenters. The summed E-state index contributed by atoms with van der Waals surface area (Å²) in [5.41, 5.74) is 7.40. The monoisotopic (exact) mass is 666 g/mol. The van der Waals surface area contributed by atoms with Gasteiger partial charge in [-0.25, -0.2) is 0 Å². The fourth-order valence-electron chi connectivity index (χ4n) is 5.39. The van der Waals surface area contributed by atoms with E-state index in [-0.39, 0.29) is 0 Å². The first-order valence-corrected chi connectivity index (χ1v) is 16.9. The number of rotatable bonds is 17. The molecule has 0 saturated carbocycles. The fraction of sp³-hybridized carbons (Fsp3) is 0.444. The van der Waals surface area contributed by atoms with Crippen molar-refractivity contribution in [2.24, 2.45) is 0 Å². The maximum atomic E-state index is 6.37. The molecule has 0 radical (unpaired) electrons. The van der Waals surface area contributed by atoms with Crippen LogP contribution < -0.4 is 9.47 Å². The second-order valence-corrected chi connectivity index (χ2v) is 12.7. The van der Waals surface area contributed by atoms with Gasteiger partial charge >= 0.3 is 0 Å². The number of benzene rings is 3. The number of halogens is 2. The first-order valence-electron chi connectivity index (χ1n) is 15.3. The molecule has 214 valence electrons.